The lowest BCUT2D eigenvalue weighted by Gasteiger charge is -2.46. The molecule has 0 aliphatic carbocycles. The van der Waals surface area contributed by atoms with Crippen molar-refractivity contribution in [1.29, 1.82) is 0 Å². The Kier molecular flexibility index (Phi) is 9.20. The minimum atomic E-state index is -0.122. The molecule has 9 aromatic carbocycles. The van der Waals surface area contributed by atoms with Gasteiger partial charge >= 0.3 is 0 Å². The van der Waals surface area contributed by atoms with Gasteiger partial charge in [0.05, 0.1) is 5.69 Å². The van der Waals surface area contributed by atoms with E-state index >= 15 is 0 Å². The van der Waals surface area contributed by atoms with E-state index in [-0.39, 0.29) is 28.4 Å². The zero-order valence-corrected chi connectivity index (χ0v) is 41.3. The SMILES string of the molecule is Cc1ccc(N2c3ccc(C(C)(C)C)cc3B3c4cc(C(C)(C)C)ccc4N(c4ccc(C(C)(C)C)cc4-c4ccc5ccc6cccc7ccc4c5c67)c4cc(C(C)(C)C)cc2c43)cc1. The van der Waals surface area contributed by atoms with E-state index in [4.69, 9.17) is 0 Å². The molecule has 3 heteroatoms. The fraction of sp³-hybridized carbons (Fsp3) is 0.270. The maximum absolute atomic E-state index is 2.66. The summed E-state index contributed by atoms with van der Waals surface area (Å²) in [5.41, 5.74) is 20.4. The first-order valence-corrected chi connectivity index (χ1v) is 24.1. The molecule has 0 amide bonds. The number of nitrogens with zero attached hydrogens (tertiary/aromatic N) is 2. The van der Waals surface area contributed by atoms with Gasteiger partial charge in [-0.05, 0) is 154 Å². The van der Waals surface area contributed by atoms with E-state index in [0.29, 0.717) is 0 Å². The van der Waals surface area contributed by atoms with Crippen LogP contribution in [0.4, 0.5) is 34.1 Å². The summed E-state index contributed by atoms with van der Waals surface area (Å²) in [4.78, 5) is 5.24. The number of fused-ring (bicyclic) bond motifs is 4. The highest BCUT2D eigenvalue weighted by atomic mass is 15.2. The van der Waals surface area contributed by atoms with Crippen LogP contribution in [0.2, 0.25) is 0 Å². The second-order valence-corrected chi connectivity index (χ2v) is 23.6. The summed E-state index contributed by atoms with van der Waals surface area (Å²) < 4.78 is 0. The lowest BCUT2D eigenvalue weighted by Crippen LogP contribution is -2.62. The number of hydrogen-bond donors (Lipinski definition) is 0. The van der Waals surface area contributed by atoms with E-state index < -0.39 is 0 Å². The minimum absolute atomic E-state index is 0.0170. The molecule has 2 aliphatic heterocycles. The smallest absolute Gasteiger partial charge is 0.252 e. The van der Waals surface area contributed by atoms with Crippen LogP contribution in [0.25, 0.3) is 43.4 Å². The number of anilines is 6. The first-order chi connectivity index (χ1) is 31.2. The third kappa shape index (κ3) is 6.59. The third-order valence-corrected chi connectivity index (χ3v) is 14.9. The molecule has 0 atom stereocenters. The second-order valence-electron chi connectivity index (χ2n) is 23.6. The van der Waals surface area contributed by atoms with Gasteiger partial charge in [0.15, 0.2) is 0 Å². The van der Waals surface area contributed by atoms with Gasteiger partial charge in [0, 0.05) is 34.0 Å². The molecule has 0 aromatic heterocycles. The Bertz CT molecular complexity index is 3400. The van der Waals surface area contributed by atoms with Crippen molar-refractivity contribution in [1.82, 2.24) is 0 Å². The summed E-state index contributed by atoms with van der Waals surface area (Å²) in [7, 11) is 0. The molecule has 2 heterocycles. The predicted octanol–water partition coefficient (Wildman–Crippen LogP) is 15.8. The molecule has 66 heavy (non-hydrogen) atoms. The van der Waals surface area contributed by atoms with E-state index in [9.17, 15) is 0 Å². The Hall–Kier alpha value is -6.32. The Morgan fingerprint density at radius 3 is 1.39 bits per heavy atom. The molecule has 0 unspecified atom stereocenters. The monoisotopic (exact) mass is 859 g/mol. The van der Waals surface area contributed by atoms with Crippen LogP contribution < -0.4 is 26.2 Å². The lowest BCUT2D eigenvalue weighted by molar-refractivity contribution is 0.589. The van der Waals surface area contributed by atoms with Crippen LogP contribution in [0.3, 0.4) is 0 Å². The van der Waals surface area contributed by atoms with E-state index in [1.807, 2.05) is 0 Å². The molecular formula is C63H63BN2. The van der Waals surface area contributed by atoms with E-state index in [2.05, 4.69) is 245 Å². The van der Waals surface area contributed by atoms with Crippen LogP contribution in [0.1, 0.15) is 111 Å². The maximum atomic E-state index is 2.66. The second kappa shape index (κ2) is 14.3. The van der Waals surface area contributed by atoms with Crippen LogP contribution in [0.15, 0.2) is 146 Å². The van der Waals surface area contributed by atoms with Gasteiger partial charge in [-0.3, -0.25) is 0 Å². The van der Waals surface area contributed by atoms with E-state index in [1.165, 1.54) is 122 Å². The molecule has 0 N–H and O–H groups in total. The molecule has 0 saturated carbocycles. The molecule has 2 nitrogen and oxygen atoms in total. The van der Waals surface area contributed by atoms with Crippen LogP contribution in [0, 0.1) is 6.92 Å². The Balaban J connectivity index is 1.29. The lowest BCUT2D eigenvalue weighted by atomic mass is 9.33. The summed E-state index contributed by atoms with van der Waals surface area (Å²) in [6.45, 7) is 30.4. The van der Waals surface area contributed by atoms with Gasteiger partial charge in [-0.15, -0.1) is 0 Å². The van der Waals surface area contributed by atoms with E-state index in [1.54, 1.807) is 0 Å². The van der Waals surface area contributed by atoms with Crippen LogP contribution in [0.5, 0.6) is 0 Å². The molecule has 9 aromatic rings. The van der Waals surface area contributed by atoms with Crippen molar-refractivity contribution >= 4 is 89.5 Å². The van der Waals surface area contributed by atoms with Crippen molar-refractivity contribution in [3.05, 3.63) is 173 Å². The average Bonchev–Trinajstić information content (AvgIpc) is 3.26. The highest BCUT2D eigenvalue weighted by molar-refractivity contribution is 7.00. The molecule has 0 fully saturated rings. The van der Waals surface area contributed by atoms with Gasteiger partial charge in [-0.2, -0.15) is 0 Å². The highest BCUT2D eigenvalue weighted by Gasteiger charge is 2.45. The molecule has 328 valence electrons. The zero-order valence-electron chi connectivity index (χ0n) is 41.3. The summed E-state index contributed by atoms with van der Waals surface area (Å²) in [6, 6.07) is 57.1. The molecule has 0 radical (unpaired) electrons. The fourth-order valence-electron chi connectivity index (χ4n) is 11.0. The standard InChI is InChI=1S/C63H63BN2/c1-38-17-26-46(27-18-38)65-53-31-24-43(61(5,6)7)34-50(53)64-51-35-44(62(8,9)10)25-32-54(51)66(56-37-45(63(11,12)13)36-55(65)59(56)64)52-30-23-42(60(2,3)4)33-49(52)47-28-21-41-20-19-39-15-14-16-40-22-29-48(47)58(41)57(39)40/h14-37H,1-13H3. The van der Waals surface area contributed by atoms with Gasteiger partial charge in [0.2, 0.25) is 0 Å². The molecule has 0 spiro atoms. The van der Waals surface area contributed by atoms with Gasteiger partial charge in [0.25, 0.3) is 6.71 Å². The van der Waals surface area contributed by atoms with E-state index in [0.717, 1.165) is 0 Å². The molecular weight excluding hydrogens is 796 g/mol. The number of rotatable bonds is 3. The summed E-state index contributed by atoms with van der Waals surface area (Å²) in [5, 5.41) is 7.84. The summed E-state index contributed by atoms with van der Waals surface area (Å²) in [5.74, 6) is 0. The molecule has 0 bridgehead atoms. The molecule has 2 aliphatic rings. The average molecular weight is 859 g/mol. The predicted molar refractivity (Wildman–Crippen MR) is 289 cm³/mol. The molecule has 0 saturated heterocycles. The Morgan fingerprint density at radius 2 is 0.833 bits per heavy atom. The van der Waals surface area contributed by atoms with Gasteiger partial charge < -0.3 is 9.80 Å². The quantitative estimate of drug-likeness (QED) is 0.129. The van der Waals surface area contributed by atoms with Gasteiger partial charge in [-0.1, -0.05) is 186 Å². The maximum Gasteiger partial charge on any atom is 0.252 e. The van der Waals surface area contributed by atoms with Crippen molar-refractivity contribution in [3.8, 4) is 11.1 Å². The zero-order chi connectivity index (χ0) is 46.4. The Labute approximate surface area is 393 Å². The van der Waals surface area contributed by atoms with Crippen molar-refractivity contribution < 1.29 is 0 Å². The fourth-order valence-corrected chi connectivity index (χ4v) is 11.0. The van der Waals surface area contributed by atoms with Crippen LogP contribution >= 0.6 is 0 Å². The summed E-state index contributed by atoms with van der Waals surface area (Å²) >= 11 is 0. The minimum Gasteiger partial charge on any atom is -0.311 e. The normalized spacial score (nSPS) is 14.0. The van der Waals surface area contributed by atoms with Crippen molar-refractivity contribution in [3.63, 3.8) is 0 Å². The van der Waals surface area contributed by atoms with Crippen LogP contribution in [-0.4, -0.2) is 6.71 Å². The van der Waals surface area contributed by atoms with Crippen molar-refractivity contribution in [2.24, 2.45) is 0 Å². The highest BCUT2D eigenvalue weighted by Crippen LogP contribution is 2.51. The summed E-state index contributed by atoms with van der Waals surface area (Å²) in [6.07, 6.45) is 0. The number of aryl methyl sites for hydroxylation is 1. The van der Waals surface area contributed by atoms with Crippen molar-refractivity contribution in [2.45, 2.75) is 112 Å². The third-order valence-electron chi connectivity index (χ3n) is 14.9. The molecule has 11 rings (SSSR count). The number of benzene rings is 9. The number of hydrogen-bond acceptors (Lipinski definition) is 2. The Morgan fingerprint density at radius 1 is 0.364 bits per heavy atom. The first kappa shape index (κ1) is 42.3. The van der Waals surface area contributed by atoms with Crippen LogP contribution in [-0.2, 0) is 21.7 Å². The van der Waals surface area contributed by atoms with Crippen molar-refractivity contribution in [2.75, 3.05) is 9.80 Å². The first-order valence-electron chi connectivity index (χ1n) is 24.1. The topological polar surface area (TPSA) is 6.48 Å². The van der Waals surface area contributed by atoms with Gasteiger partial charge in [0.1, 0.15) is 0 Å². The largest absolute Gasteiger partial charge is 0.311 e. The van der Waals surface area contributed by atoms with Gasteiger partial charge in [-0.25, -0.2) is 0 Å².